The second kappa shape index (κ2) is 10.5. The molecule has 2 aromatic carbocycles. The number of para-hydroxylation sites is 2. The fraction of sp³-hybridized carbons (Fsp3) is 0.250. The number of anilines is 2. The number of hydrogen-bond donors (Lipinski definition) is 6. The van der Waals surface area contributed by atoms with Crippen LogP contribution < -0.4 is 27.8 Å². The topological polar surface area (TPSA) is 169 Å². The molecule has 154 valence electrons. The summed E-state index contributed by atoms with van der Waals surface area (Å²) in [6, 6.07) is 12.8. The van der Waals surface area contributed by atoms with E-state index in [1.807, 2.05) is 0 Å². The molecule has 0 bridgehead atoms. The summed E-state index contributed by atoms with van der Waals surface area (Å²) in [7, 11) is 0. The smallest absolute Gasteiger partial charge is 0.239 e. The number of nitrogens with two attached hydrogens (primary N) is 3. The van der Waals surface area contributed by atoms with Gasteiger partial charge in [-0.3, -0.25) is 14.6 Å². The van der Waals surface area contributed by atoms with Crippen LogP contribution in [0.5, 0.6) is 5.75 Å². The fourth-order valence-electron chi connectivity index (χ4n) is 2.69. The maximum Gasteiger partial charge on any atom is 0.239 e. The molecule has 29 heavy (non-hydrogen) atoms. The van der Waals surface area contributed by atoms with E-state index in [0.29, 0.717) is 30.8 Å². The lowest BCUT2D eigenvalue weighted by molar-refractivity contribution is -0.119. The molecule has 0 saturated carbocycles. The largest absolute Gasteiger partial charge is 0.508 e. The number of guanidine groups is 1. The van der Waals surface area contributed by atoms with Gasteiger partial charge in [-0.05, 0) is 42.7 Å². The number of hydrogen-bond acceptors (Lipinski definition) is 5. The molecule has 0 aliphatic carbocycles. The van der Waals surface area contributed by atoms with Gasteiger partial charge >= 0.3 is 0 Å². The highest BCUT2D eigenvalue weighted by atomic mass is 16.3. The summed E-state index contributed by atoms with van der Waals surface area (Å²) in [4.78, 5) is 28.1. The lowest BCUT2D eigenvalue weighted by Crippen LogP contribution is -2.36. The molecule has 1 atom stereocenters. The molecule has 0 aliphatic rings. The van der Waals surface area contributed by atoms with E-state index >= 15 is 0 Å². The van der Waals surface area contributed by atoms with Crippen molar-refractivity contribution in [3.8, 4) is 5.75 Å². The minimum absolute atomic E-state index is 0.00438. The SMILES string of the molecule is NC(=O)[C@H](CCCN=C(N)N)Nc1ccccc1NC(=O)Cc1ccc(O)cc1. The van der Waals surface area contributed by atoms with Crippen molar-refractivity contribution in [3.05, 3.63) is 54.1 Å². The summed E-state index contributed by atoms with van der Waals surface area (Å²) in [6.45, 7) is 0.388. The molecule has 0 saturated heterocycles. The zero-order chi connectivity index (χ0) is 21.2. The van der Waals surface area contributed by atoms with Gasteiger partial charge in [0.05, 0.1) is 17.8 Å². The Hall–Kier alpha value is -3.75. The zero-order valence-corrected chi connectivity index (χ0v) is 16.0. The van der Waals surface area contributed by atoms with Gasteiger partial charge in [-0.2, -0.15) is 0 Å². The van der Waals surface area contributed by atoms with Crippen LogP contribution in [0, 0.1) is 0 Å². The molecule has 2 amide bonds. The first-order valence-corrected chi connectivity index (χ1v) is 9.13. The Bertz CT molecular complexity index is 863. The number of aliphatic imine (C=N–C) groups is 1. The minimum atomic E-state index is -0.639. The zero-order valence-electron chi connectivity index (χ0n) is 16.0. The summed E-state index contributed by atoms with van der Waals surface area (Å²) in [5.41, 5.74) is 18.0. The average molecular weight is 398 g/mol. The minimum Gasteiger partial charge on any atom is -0.508 e. The van der Waals surface area contributed by atoms with E-state index < -0.39 is 11.9 Å². The van der Waals surface area contributed by atoms with Crippen molar-refractivity contribution < 1.29 is 14.7 Å². The van der Waals surface area contributed by atoms with Gasteiger partial charge in [0.1, 0.15) is 11.8 Å². The second-order valence-corrected chi connectivity index (χ2v) is 6.49. The third kappa shape index (κ3) is 7.41. The number of amides is 2. The number of benzene rings is 2. The van der Waals surface area contributed by atoms with Gasteiger partial charge in [0, 0.05) is 6.54 Å². The number of phenols is 1. The molecule has 9 nitrogen and oxygen atoms in total. The van der Waals surface area contributed by atoms with Crippen molar-refractivity contribution in [2.24, 2.45) is 22.2 Å². The van der Waals surface area contributed by atoms with E-state index in [4.69, 9.17) is 17.2 Å². The van der Waals surface area contributed by atoms with Crippen LogP contribution in [0.25, 0.3) is 0 Å². The molecule has 0 heterocycles. The summed E-state index contributed by atoms with van der Waals surface area (Å²) < 4.78 is 0. The van der Waals surface area contributed by atoms with Gasteiger partial charge in [0.15, 0.2) is 5.96 Å². The number of primary amides is 1. The summed E-state index contributed by atoms with van der Waals surface area (Å²) in [5, 5.41) is 15.2. The molecular weight excluding hydrogens is 372 g/mol. The number of rotatable bonds is 10. The van der Waals surface area contributed by atoms with E-state index in [9.17, 15) is 14.7 Å². The van der Waals surface area contributed by atoms with Gasteiger partial charge < -0.3 is 32.9 Å². The van der Waals surface area contributed by atoms with Gasteiger partial charge in [-0.25, -0.2) is 0 Å². The van der Waals surface area contributed by atoms with Gasteiger partial charge in [-0.1, -0.05) is 24.3 Å². The number of carbonyl (C=O) groups is 2. The first kappa shape index (κ1) is 21.5. The monoisotopic (exact) mass is 398 g/mol. The highest BCUT2D eigenvalue weighted by molar-refractivity contribution is 5.96. The molecular formula is C20H26N6O3. The average Bonchev–Trinajstić information content (AvgIpc) is 2.67. The highest BCUT2D eigenvalue weighted by Crippen LogP contribution is 2.23. The number of nitrogens with one attached hydrogen (secondary N) is 2. The van der Waals surface area contributed by atoms with Crippen molar-refractivity contribution in [1.29, 1.82) is 0 Å². The maximum absolute atomic E-state index is 12.4. The predicted molar refractivity (Wildman–Crippen MR) is 113 cm³/mol. The van der Waals surface area contributed by atoms with Crippen molar-refractivity contribution in [2.45, 2.75) is 25.3 Å². The van der Waals surface area contributed by atoms with E-state index in [0.717, 1.165) is 5.56 Å². The van der Waals surface area contributed by atoms with E-state index in [1.165, 1.54) is 12.1 Å². The summed E-state index contributed by atoms with van der Waals surface area (Å²) in [6.07, 6.45) is 1.14. The van der Waals surface area contributed by atoms with E-state index in [2.05, 4.69) is 15.6 Å². The first-order valence-electron chi connectivity index (χ1n) is 9.13. The van der Waals surface area contributed by atoms with Crippen molar-refractivity contribution in [1.82, 2.24) is 0 Å². The third-order valence-electron chi connectivity index (χ3n) is 4.12. The van der Waals surface area contributed by atoms with Crippen molar-refractivity contribution in [3.63, 3.8) is 0 Å². The molecule has 0 aliphatic heterocycles. The van der Waals surface area contributed by atoms with E-state index in [-0.39, 0.29) is 24.0 Å². The molecule has 0 radical (unpaired) electrons. The Kier molecular flexibility index (Phi) is 7.84. The Morgan fingerprint density at radius 1 is 1.00 bits per heavy atom. The Labute approximate surface area is 169 Å². The first-order chi connectivity index (χ1) is 13.8. The van der Waals surface area contributed by atoms with Crippen LogP contribution in [0.3, 0.4) is 0 Å². The lowest BCUT2D eigenvalue weighted by Gasteiger charge is -2.19. The van der Waals surface area contributed by atoms with E-state index in [1.54, 1.807) is 36.4 Å². The molecule has 2 aromatic rings. The van der Waals surface area contributed by atoms with Gasteiger partial charge in [0.2, 0.25) is 11.8 Å². The second-order valence-electron chi connectivity index (χ2n) is 6.49. The van der Waals surface area contributed by atoms with Gasteiger partial charge in [-0.15, -0.1) is 0 Å². The van der Waals surface area contributed by atoms with Crippen LogP contribution in [0.1, 0.15) is 18.4 Å². The molecule has 9 heteroatoms. The number of carbonyl (C=O) groups excluding carboxylic acids is 2. The molecule has 0 aromatic heterocycles. The number of aromatic hydroxyl groups is 1. The predicted octanol–water partition coefficient (Wildman–Crippen LogP) is 0.893. The van der Waals surface area contributed by atoms with Crippen LogP contribution in [-0.2, 0) is 16.0 Å². The summed E-state index contributed by atoms with van der Waals surface area (Å²) in [5.74, 6) is -0.607. The lowest BCUT2D eigenvalue weighted by atomic mass is 10.1. The normalized spacial score (nSPS) is 11.3. The fourth-order valence-corrected chi connectivity index (χ4v) is 2.69. The van der Waals surface area contributed by atoms with Crippen molar-refractivity contribution >= 4 is 29.1 Å². The highest BCUT2D eigenvalue weighted by Gasteiger charge is 2.17. The van der Waals surface area contributed by atoms with Gasteiger partial charge in [0.25, 0.3) is 0 Å². The maximum atomic E-state index is 12.4. The molecule has 2 rings (SSSR count). The summed E-state index contributed by atoms with van der Waals surface area (Å²) >= 11 is 0. The molecule has 0 fully saturated rings. The van der Waals surface area contributed by atoms with Crippen LogP contribution in [0.4, 0.5) is 11.4 Å². The molecule has 9 N–H and O–H groups in total. The quantitative estimate of drug-likeness (QED) is 0.197. The standard InChI is InChI=1S/C20H26N6O3/c21-19(29)17(6-3-11-24-20(22)23)25-15-4-1-2-5-16(15)26-18(28)12-13-7-9-14(27)10-8-13/h1-2,4-5,7-10,17,25,27H,3,6,11-12H2,(H2,21,29)(H,26,28)(H4,22,23,24)/t17-/m0/s1. The Morgan fingerprint density at radius 2 is 1.66 bits per heavy atom. The number of nitrogens with zero attached hydrogens (tertiary/aromatic N) is 1. The molecule has 0 unspecified atom stereocenters. The Morgan fingerprint density at radius 3 is 2.28 bits per heavy atom. The Balaban J connectivity index is 2.02. The van der Waals surface area contributed by atoms with Crippen LogP contribution in [0.2, 0.25) is 0 Å². The van der Waals surface area contributed by atoms with Crippen LogP contribution >= 0.6 is 0 Å². The van der Waals surface area contributed by atoms with Crippen LogP contribution in [-0.4, -0.2) is 35.5 Å². The van der Waals surface area contributed by atoms with Crippen LogP contribution in [0.15, 0.2) is 53.5 Å². The molecule has 0 spiro atoms. The van der Waals surface area contributed by atoms with Crippen molar-refractivity contribution in [2.75, 3.05) is 17.2 Å². The number of phenolic OH excluding ortho intramolecular Hbond substituents is 1. The third-order valence-corrected chi connectivity index (χ3v) is 4.12.